The molecule has 0 fully saturated rings. The second-order valence-corrected chi connectivity index (χ2v) is 10.7. The molecule has 0 bridgehead atoms. The van der Waals surface area contributed by atoms with Gasteiger partial charge in [0.25, 0.3) is 0 Å². The Kier molecular flexibility index (Phi) is 8.55. The van der Waals surface area contributed by atoms with Crippen molar-refractivity contribution in [1.29, 1.82) is 0 Å². The number of methoxy groups -OCH3 is 1. The molecule has 4 aromatic carbocycles. The molecule has 5 aromatic rings. The topological polar surface area (TPSA) is 51.5 Å². The summed E-state index contributed by atoms with van der Waals surface area (Å²) in [5.74, 6) is -0.329. The smallest absolute Gasteiger partial charge is 0.337 e. The molecule has 0 radical (unpaired) electrons. The number of hydrogen-bond donors (Lipinski definition) is 0. The number of fused-ring (bicyclic) bond motifs is 1. The fourth-order valence-corrected chi connectivity index (χ4v) is 5.71. The zero-order valence-corrected chi connectivity index (χ0v) is 24.3. The zero-order valence-electron chi connectivity index (χ0n) is 23.5. The van der Waals surface area contributed by atoms with Crippen molar-refractivity contribution in [2.75, 3.05) is 14.2 Å². The van der Waals surface area contributed by atoms with E-state index in [9.17, 15) is 9.59 Å². The Morgan fingerprint density at radius 3 is 2.07 bits per heavy atom. The maximum absolute atomic E-state index is 13.3. The molecule has 0 atom stereocenters. The first-order valence-corrected chi connectivity index (χ1v) is 14.0. The molecule has 0 unspecified atom stereocenters. The van der Waals surface area contributed by atoms with Gasteiger partial charge in [0.1, 0.15) is 0 Å². The number of benzene rings is 4. The minimum absolute atomic E-state index is 0.0267. The van der Waals surface area contributed by atoms with E-state index >= 15 is 0 Å². The molecule has 0 N–H and O–H groups in total. The van der Waals surface area contributed by atoms with Crippen LogP contribution in [0.5, 0.6) is 0 Å². The molecular weight excluding hydrogens is 532 g/mol. The lowest BCUT2D eigenvalue weighted by molar-refractivity contribution is -0.130. The summed E-state index contributed by atoms with van der Waals surface area (Å²) < 4.78 is 7.15. The van der Waals surface area contributed by atoms with Crippen molar-refractivity contribution in [2.24, 2.45) is 0 Å². The predicted molar refractivity (Wildman–Crippen MR) is 164 cm³/mol. The first kappa shape index (κ1) is 28.2. The van der Waals surface area contributed by atoms with Gasteiger partial charge in [-0.2, -0.15) is 0 Å². The lowest BCUT2D eigenvalue weighted by atomic mass is 9.98. The lowest BCUT2D eigenvalue weighted by Crippen LogP contribution is -2.26. The standard InChI is InChI=1S/C35H33ClN2O3/c1-24-30(19-21-33(39)37(2)23-25-14-16-28(17-15-25)35(40)41-3)31-22-29(36)18-20-32(31)38(24)34(26-10-6-4-7-11-26)27-12-8-5-9-13-27/h4-18,20,22,34H,19,21,23H2,1-3H3. The summed E-state index contributed by atoms with van der Waals surface area (Å²) in [7, 11) is 3.17. The molecule has 1 amide bonds. The summed E-state index contributed by atoms with van der Waals surface area (Å²) in [5, 5.41) is 1.74. The van der Waals surface area contributed by atoms with Crippen LogP contribution in [0, 0.1) is 6.92 Å². The fraction of sp³-hybridized carbons (Fsp3) is 0.200. The average Bonchev–Trinajstić information content (AvgIpc) is 3.26. The minimum atomic E-state index is -0.377. The maximum Gasteiger partial charge on any atom is 0.337 e. The zero-order chi connectivity index (χ0) is 28.9. The number of hydrogen-bond acceptors (Lipinski definition) is 3. The second kappa shape index (κ2) is 12.4. The Hall–Kier alpha value is -4.35. The summed E-state index contributed by atoms with van der Waals surface area (Å²) in [5.41, 5.74) is 7.15. The van der Waals surface area contributed by atoms with Gasteiger partial charge in [0.2, 0.25) is 5.91 Å². The molecule has 0 aliphatic carbocycles. The normalized spacial score (nSPS) is 11.1. The Morgan fingerprint density at radius 1 is 0.878 bits per heavy atom. The van der Waals surface area contributed by atoms with Crippen molar-refractivity contribution in [3.8, 4) is 0 Å². The number of carbonyl (C=O) groups excluding carboxylic acids is 2. The summed E-state index contributed by atoms with van der Waals surface area (Å²) in [6.07, 6.45) is 0.959. The van der Waals surface area contributed by atoms with E-state index in [1.165, 1.54) is 18.2 Å². The predicted octanol–water partition coefficient (Wildman–Crippen LogP) is 7.62. The summed E-state index contributed by atoms with van der Waals surface area (Å²) in [6, 6.07) is 34.1. The van der Waals surface area contributed by atoms with Gasteiger partial charge in [-0.25, -0.2) is 4.79 Å². The summed E-state index contributed by atoms with van der Waals surface area (Å²) in [4.78, 5) is 26.7. The van der Waals surface area contributed by atoms with E-state index < -0.39 is 0 Å². The molecule has 208 valence electrons. The lowest BCUT2D eigenvalue weighted by Gasteiger charge is -2.24. The van der Waals surface area contributed by atoms with E-state index in [1.807, 2.05) is 43.4 Å². The largest absolute Gasteiger partial charge is 0.465 e. The van der Waals surface area contributed by atoms with Crippen LogP contribution in [-0.2, 0) is 22.5 Å². The number of aromatic nitrogens is 1. The number of halogens is 1. The monoisotopic (exact) mass is 564 g/mol. The number of esters is 1. The number of nitrogens with zero attached hydrogens (tertiary/aromatic N) is 2. The van der Waals surface area contributed by atoms with Gasteiger partial charge in [-0.15, -0.1) is 0 Å². The van der Waals surface area contributed by atoms with Crippen LogP contribution in [0.25, 0.3) is 10.9 Å². The van der Waals surface area contributed by atoms with E-state index in [4.69, 9.17) is 16.3 Å². The van der Waals surface area contributed by atoms with Crippen molar-refractivity contribution in [3.63, 3.8) is 0 Å². The second-order valence-electron chi connectivity index (χ2n) is 10.3. The quantitative estimate of drug-likeness (QED) is 0.173. The molecule has 0 aliphatic rings. The number of rotatable bonds is 9. The minimum Gasteiger partial charge on any atom is -0.465 e. The highest BCUT2D eigenvalue weighted by molar-refractivity contribution is 6.31. The fourth-order valence-electron chi connectivity index (χ4n) is 5.54. The van der Waals surface area contributed by atoms with Crippen LogP contribution in [0.2, 0.25) is 5.02 Å². The number of carbonyl (C=O) groups is 2. The van der Waals surface area contributed by atoms with Crippen LogP contribution >= 0.6 is 11.6 Å². The van der Waals surface area contributed by atoms with Gasteiger partial charge in [0.05, 0.1) is 18.7 Å². The van der Waals surface area contributed by atoms with Crippen molar-refractivity contribution in [3.05, 3.63) is 142 Å². The number of ether oxygens (including phenoxy) is 1. The van der Waals surface area contributed by atoms with Gasteiger partial charge in [0.15, 0.2) is 0 Å². The summed E-state index contributed by atoms with van der Waals surface area (Å²) in [6.45, 7) is 2.59. The van der Waals surface area contributed by atoms with Gasteiger partial charge in [0, 0.05) is 41.6 Å². The number of aryl methyl sites for hydroxylation is 1. The molecule has 0 aliphatic heterocycles. The maximum atomic E-state index is 13.3. The van der Waals surface area contributed by atoms with Gasteiger partial charge in [-0.05, 0) is 65.9 Å². The van der Waals surface area contributed by atoms with Crippen LogP contribution in [0.15, 0.2) is 103 Å². The van der Waals surface area contributed by atoms with Gasteiger partial charge >= 0.3 is 5.97 Å². The number of amides is 1. The third-order valence-corrected chi connectivity index (χ3v) is 7.87. The molecule has 0 saturated heterocycles. The molecule has 6 heteroatoms. The van der Waals surface area contributed by atoms with Gasteiger partial charge < -0.3 is 14.2 Å². The van der Waals surface area contributed by atoms with E-state index in [0.717, 1.165) is 27.7 Å². The molecule has 1 aromatic heterocycles. The molecule has 41 heavy (non-hydrogen) atoms. The van der Waals surface area contributed by atoms with Crippen LogP contribution in [0.3, 0.4) is 0 Å². The third kappa shape index (κ3) is 6.06. The van der Waals surface area contributed by atoms with Gasteiger partial charge in [-0.3, -0.25) is 4.79 Å². The van der Waals surface area contributed by atoms with Gasteiger partial charge in [-0.1, -0.05) is 84.4 Å². The molecule has 5 nitrogen and oxygen atoms in total. The first-order chi connectivity index (χ1) is 19.9. The summed E-state index contributed by atoms with van der Waals surface area (Å²) >= 11 is 6.50. The van der Waals surface area contributed by atoms with Crippen LogP contribution in [0.1, 0.15) is 50.8 Å². The van der Waals surface area contributed by atoms with Crippen molar-refractivity contribution in [1.82, 2.24) is 9.47 Å². The Bertz CT molecular complexity index is 1620. The van der Waals surface area contributed by atoms with Crippen LogP contribution in [0.4, 0.5) is 0 Å². The van der Waals surface area contributed by atoms with E-state index in [-0.39, 0.29) is 17.9 Å². The Morgan fingerprint density at radius 2 is 1.49 bits per heavy atom. The SMILES string of the molecule is COC(=O)c1ccc(CN(C)C(=O)CCc2c(C)n(C(c3ccccc3)c3ccccc3)c3ccc(Cl)cc23)cc1. The van der Waals surface area contributed by atoms with E-state index in [0.29, 0.717) is 30.0 Å². The molecular formula is C35H33ClN2O3. The van der Waals surface area contributed by atoms with Crippen LogP contribution < -0.4 is 0 Å². The van der Waals surface area contributed by atoms with Crippen molar-refractivity contribution in [2.45, 2.75) is 32.4 Å². The Balaban J connectivity index is 1.44. The average molecular weight is 565 g/mol. The van der Waals surface area contributed by atoms with Crippen molar-refractivity contribution < 1.29 is 14.3 Å². The van der Waals surface area contributed by atoms with Crippen molar-refractivity contribution >= 4 is 34.4 Å². The van der Waals surface area contributed by atoms with E-state index in [2.05, 4.69) is 66.1 Å². The molecule has 5 rings (SSSR count). The highest BCUT2D eigenvalue weighted by Gasteiger charge is 2.24. The molecule has 0 saturated carbocycles. The van der Waals surface area contributed by atoms with E-state index in [1.54, 1.807) is 17.0 Å². The molecule has 1 heterocycles. The van der Waals surface area contributed by atoms with Crippen LogP contribution in [-0.4, -0.2) is 35.5 Å². The Labute approximate surface area is 245 Å². The highest BCUT2D eigenvalue weighted by atomic mass is 35.5. The molecule has 0 spiro atoms. The highest BCUT2D eigenvalue weighted by Crippen LogP contribution is 2.37. The third-order valence-electron chi connectivity index (χ3n) is 7.64. The first-order valence-electron chi connectivity index (χ1n) is 13.7.